The monoisotopic (exact) mass is 442 g/mol. The molecule has 3 fully saturated rings. The minimum atomic E-state index is -0.443. The van der Waals surface area contributed by atoms with E-state index in [1.54, 1.807) is 23.5 Å². The van der Waals surface area contributed by atoms with Crippen molar-refractivity contribution in [3.05, 3.63) is 11.6 Å². The van der Waals surface area contributed by atoms with Gasteiger partial charge in [0.25, 0.3) is 0 Å². The van der Waals surface area contributed by atoms with Crippen molar-refractivity contribution in [2.75, 3.05) is 10.6 Å². The Balaban J connectivity index is 1.42. The van der Waals surface area contributed by atoms with Gasteiger partial charge in [-0.3, -0.25) is 20.2 Å². The summed E-state index contributed by atoms with van der Waals surface area (Å²) in [6, 6.07) is 0. The summed E-state index contributed by atoms with van der Waals surface area (Å²) in [4.78, 5) is 35.4. The van der Waals surface area contributed by atoms with Crippen LogP contribution in [-0.4, -0.2) is 41.3 Å². The van der Waals surface area contributed by atoms with Crippen molar-refractivity contribution in [2.24, 2.45) is 24.9 Å². The fourth-order valence-electron chi connectivity index (χ4n) is 4.85. The van der Waals surface area contributed by atoms with Crippen LogP contribution in [0.1, 0.15) is 89.7 Å². The van der Waals surface area contributed by atoms with Crippen LogP contribution >= 0.6 is 0 Å². The molecule has 32 heavy (non-hydrogen) atoms. The van der Waals surface area contributed by atoms with Gasteiger partial charge in [0.2, 0.25) is 23.7 Å². The molecule has 2 amide bonds. The summed E-state index contributed by atoms with van der Waals surface area (Å²) >= 11 is 0. The van der Waals surface area contributed by atoms with Gasteiger partial charge in [0.15, 0.2) is 11.6 Å². The molecular weight excluding hydrogens is 408 g/mol. The Kier molecular flexibility index (Phi) is 5.58. The van der Waals surface area contributed by atoms with Gasteiger partial charge in [-0.25, -0.2) is 9.36 Å². The summed E-state index contributed by atoms with van der Waals surface area (Å²) in [7, 11) is 3.58. The Morgan fingerprint density at radius 2 is 1.03 bits per heavy atom. The average molecular weight is 443 g/mol. The minimum Gasteiger partial charge on any atom is -0.294 e. The first-order chi connectivity index (χ1) is 15.0. The summed E-state index contributed by atoms with van der Waals surface area (Å²) in [5.41, 5.74) is -0.886. The third-order valence-corrected chi connectivity index (χ3v) is 7.25. The zero-order chi connectivity index (χ0) is 23.3. The highest BCUT2D eigenvalue weighted by Crippen LogP contribution is 2.57. The Morgan fingerprint density at radius 3 is 1.28 bits per heavy atom. The van der Waals surface area contributed by atoms with Crippen LogP contribution in [0.5, 0.6) is 0 Å². The Morgan fingerprint density at radius 1 is 0.719 bits per heavy atom. The summed E-state index contributed by atoms with van der Waals surface area (Å²) in [6.45, 7) is 8.10. The lowest BCUT2D eigenvalue weighted by molar-refractivity contribution is -0.144. The third kappa shape index (κ3) is 3.80. The van der Waals surface area contributed by atoms with Gasteiger partial charge in [-0.2, -0.15) is 20.2 Å². The molecule has 174 valence electrons. The van der Waals surface area contributed by atoms with Crippen LogP contribution in [0.2, 0.25) is 0 Å². The molecule has 10 nitrogen and oxygen atoms in total. The fourth-order valence-corrected chi connectivity index (χ4v) is 4.85. The van der Waals surface area contributed by atoms with Gasteiger partial charge >= 0.3 is 0 Å². The summed E-state index contributed by atoms with van der Waals surface area (Å²) in [5.74, 6) is 2.77. The highest BCUT2D eigenvalue weighted by molar-refractivity contribution is 5.97. The smallest absolute Gasteiger partial charge is 0.232 e. The molecule has 2 bridgehead atoms. The lowest BCUT2D eigenvalue weighted by atomic mass is 9.53. The van der Waals surface area contributed by atoms with Crippen molar-refractivity contribution >= 4 is 23.7 Å². The molecule has 10 heteroatoms. The van der Waals surface area contributed by atoms with Crippen molar-refractivity contribution in [3.8, 4) is 0 Å². The van der Waals surface area contributed by atoms with E-state index in [0.29, 0.717) is 62.1 Å². The van der Waals surface area contributed by atoms with Gasteiger partial charge in [0.05, 0.1) is 0 Å². The molecule has 3 saturated carbocycles. The number of hydrogen-bond acceptors (Lipinski definition) is 6. The van der Waals surface area contributed by atoms with E-state index in [9.17, 15) is 9.59 Å². The average Bonchev–Trinajstić information content (AvgIpc) is 3.32. The lowest BCUT2D eigenvalue weighted by Crippen LogP contribution is -2.52. The second-order valence-electron chi connectivity index (χ2n) is 10.1. The van der Waals surface area contributed by atoms with Crippen LogP contribution in [0.3, 0.4) is 0 Å². The number of anilines is 2. The first kappa shape index (κ1) is 22.4. The van der Waals surface area contributed by atoms with E-state index < -0.39 is 10.8 Å². The SMILES string of the molecule is CC(C)c1nc(NC(=O)C23CCC(C(=O)Nc4nc(C(C)C)nn4C)(CC2)CC3)n(C)n1. The molecule has 5 rings (SSSR count). The molecule has 0 radical (unpaired) electrons. The molecule has 2 aromatic heterocycles. The van der Waals surface area contributed by atoms with Gasteiger partial charge in [-0.15, -0.1) is 0 Å². The van der Waals surface area contributed by atoms with E-state index in [4.69, 9.17) is 0 Å². The van der Waals surface area contributed by atoms with Gasteiger partial charge in [-0.05, 0) is 38.5 Å². The molecule has 2 heterocycles. The number of nitrogens with one attached hydrogen (secondary N) is 2. The van der Waals surface area contributed by atoms with E-state index in [2.05, 4.69) is 30.8 Å². The summed E-state index contributed by atoms with van der Waals surface area (Å²) < 4.78 is 3.25. The number of rotatable bonds is 6. The summed E-state index contributed by atoms with van der Waals surface area (Å²) in [5, 5.41) is 14.8. The largest absolute Gasteiger partial charge is 0.294 e. The van der Waals surface area contributed by atoms with Crippen LogP contribution in [0.4, 0.5) is 11.9 Å². The maximum atomic E-state index is 13.2. The third-order valence-electron chi connectivity index (χ3n) is 7.25. The van der Waals surface area contributed by atoms with E-state index in [1.807, 2.05) is 27.7 Å². The normalized spacial score (nSPS) is 24.9. The van der Waals surface area contributed by atoms with Crippen molar-refractivity contribution in [2.45, 2.75) is 78.1 Å². The van der Waals surface area contributed by atoms with Crippen molar-refractivity contribution in [1.29, 1.82) is 0 Å². The van der Waals surface area contributed by atoms with Crippen LogP contribution in [0.25, 0.3) is 0 Å². The molecule has 3 aliphatic carbocycles. The number of amides is 2. The predicted octanol–water partition coefficient (Wildman–Crippen LogP) is 3.11. The van der Waals surface area contributed by atoms with Crippen LogP contribution in [0, 0.1) is 10.8 Å². The maximum absolute atomic E-state index is 13.2. The highest BCUT2D eigenvalue weighted by atomic mass is 16.2. The highest BCUT2D eigenvalue weighted by Gasteiger charge is 2.55. The fraction of sp³-hybridized carbons (Fsp3) is 0.727. The summed E-state index contributed by atoms with van der Waals surface area (Å²) in [6.07, 6.45) is 4.15. The predicted molar refractivity (Wildman–Crippen MR) is 120 cm³/mol. The molecule has 0 saturated heterocycles. The van der Waals surface area contributed by atoms with Gasteiger partial charge < -0.3 is 0 Å². The number of aromatic nitrogens is 6. The molecule has 3 aliphatic rings. The lowest BCUT2D eigenvalue weighted by Gasteiger charge is -2.51. The van der Waals surface area contributed by atoms with Crippen LogP contribution in [0.15, 0.2) is 0 Å². The minimum absolute atomic E-state index is 0.00751. The van der Waals surface area contributed by atoms with E-state index >= 15 is 0 Å². The van der Waals surface area contributed by atoms with Crippen molar-refractivity contribution < 1.29 is 9.59 Å². The first-order valence-corrected chi connectivity index (χ1v) is 11.5. The van der Waals surface area contributed by atoms with Crippen LogP contribution in [-0.2, 0) is 23.7 Å². The Hall–Kier alpha value is -2.78. The van der Waals surface area contributed by atoms with E-state index in [1.165, 1.54) is 0 Å². The number of nitrogens with zero attached hydrogens (tertiary/aromatic N) is 6. The van der Waals surface area contributed by atoms with Crippen molar-refractivity contribution in [3.63, 3.8) is 0 Å². The Bertz CT molecular complexity index is 928. The molecule has 2 aromatic rings. The quantitative estimate of drug-likeness (QED) is 0.709. The molecule has 2 N–H and O–H groups in total. The number of carbonyl (C=O) groups excluding carboxylic acids is 2. The zero-order valence-electron chi connectivity index (χ0n) is 19.9. The standard InChI is InChI=1S/C22H34N8O2/c1-13(2)15-23-19(29(5)27-15)25-17(31)21-7-10-22(11-8-21,12-9-21)18(32)26-20-24-16(14(3)4)28-30(20)6/h13-14H,7-12H2,1-6H3,(H,23,25,27,31)(H,24,26,28,32). The van der Waals surface area contributed by atoms with E-state index in [0.717, 1.165) is 0 Å². The number of aryl methyl sites for hydroxylation is 2. The molecule has 0 aromatic carbocycles. The van der Waals surface area contributed by atoms with E-state index in [-0.39, 0.29) is 23.7 Å². The molecule has 0 unspecified atom stereocenters. The van der Waals surface area contributed by atoms with Crippen molar-refractivity contribution in [1.82, 2.24) is 29.5 Å². The van der Waals surface area contributed by atoms with Gasteiger partial charge in [0.1, 0.15) is 0 Å². The molecular formula is C22H34N8O2. The molecule has 0 aliphatic heterocycles. The second kappa shape index (κ2) is 7.97. The van der Waals surface area contributed by atoms with Gasteiger partial charge in [-0.1, -0.05) is 27.7 Å². The first-order valence-electron chi connectivity index (χ1n) is 11.5. The Labute approximate surface area is 188 Å². The number of carbonyl (C=O) groups is 2. The van der Waals surface area contributed by atoms with Gasteiger partial charge in [0, 0.05) is 36.8 Å². The maximum Gasteiger partial charge on any atom is 0.232 e. The zero-order valence-corrected chi connectivity index (χ0v) is 19.9. The topological polar surface area (TPSA) is 120 Å². The number of hydrogen-bond donors (Lipinski definition) is 2. The van der Waals surface area contributed by atoms with Crippen LogP contribution < -0.4 is 10.6 Å². The number of fused-ring (bicyclic) bond motifs is 3. The molecule has 0 spiro atoms. The molecule has 0 atom stereocenters. The second-order valence-corrected chi connectivity index (χ2v) is 10.1.